The van der Waals surface area contributed by atoms with E-state index in [9.17, 15) is 0 Å². The average Bonchev–Trinajstić information content (AvgIpc) is 2.61. The molecule has 0 N–H and O–H groups in total. The number of hydrogen-bond acceptors (Lipinski definition) is 3. The molecule has 1 aromatic carbocycles. The summed E-state index contributed by atoms with van der Waals surface area (Å²) >= 11 is 0. The van der Waals surface area contributed by atoms with Crippen LogP contribution in [0.3, 0.4) is 0 Å². The predicted octanol–water partition coefficient (Wildman–Crippen LogP) is 1.74. The Morgan fingerprint density at radius 2 is 2.00 bits per heavy atom. The van der Waals surface area contributed by atoms with Gasteiger partial charge < -0.3 is 14.2 Å². The molecule has 0 radical (unpaired) electrons. The topological polar surface area (TPSA) is 27.7 Å². The fourth-order valence-corrected chi connectivity index (χ4v) is 1.77. The first-order chi connectivity index (χ1) is 6.43. The Morgan fingerprint density at radius 1 is 1.14 bits per heavy atom. The first-order valence-electron chi connectivity index (χ1n) is 4.41. The van der Waals surface area contributed by atoms with Gasteiger partial charge in [0.1, 0.15) is 11.9 Å². The van der Waals surface area contributed by atoms with Crippen LogP contribution in [-0.2, 0) is 15.9 Å². The molecule has 1 saturated heterocycles. The van der Waals surface area contributed by atoms with Crippen LogP contribution < -0.4 is 4.74 Å². The van der Waals surface area contributed by atoms with Gasteiger partial charge in [-0.2, -0.15) is 0 Å². The van der Waals surface area contributed by atoms with Crippen molar-refractivity contribution in [2.75, 3.05) is 6.79 Å². The van der Waals surface area contributed by atoms with Crippen LogP contribution in [0.5, 0.6) is 5.75 Å². The van der Waals surface area contributed by atoms with Crippen molar-refractivity contribution < 1.29 is 14.2 Å². The van der Waals surface area contributed by atoms with Crippen molar-refractivity contribution in [3.05, 3.63) is 29.8 Å². The summed E-state index contributed by atoms with van der Waals surface area (Å²) in [6.07, 6.45) is 0.769. The maximum atomic E-state index is 5.61. The van der Waals surface area contributed by atoms with Crippen molar-refractivity contribution in [3.63, 3.8) is 0 Å². The van der Waals surface area contributed by atoms with E-state index in [2.05, 4.69) is 6.07 Å². The van der Waals surface area contributed by atoms with Crippen LogP contribution in [0.4, 0.5) is 0 Å². The van der Waals surface area contributed by atoms with Crippen LogP contribution in [0.1, 0.15) is 5.56 Å². The minimum Gasteiger partial charge on any atom is -0.462 e. The minimum atomic E-state index is -0.199. The van der Waals surface area contributed by atoms with E-state index in [0.717, 1.165) is 12.2 Å². The zero-order chi connectivity index (χ0) is 8.67. The zero-order valence-electron chi connectivity index (χ0n) is 7.51. The molecule has 0 aromatic heterocycles. The van der Waals surface area contributed by atoms with Gasteiger partial charge in [0, 0.05) is 6.42 Å². The van der Waals surface area contributed by atoms with Crippen LogP contribution in [0.2, 0.25) is 0 Å². The summed E-state index contributed by atoms with van der Waals surface area (Å²) in [6, 6.07) is 8.01. The molecule has 76 valence electrons. The number of hydrogen-bond donors (Lipinski definition) is 0. The Kier molecular flexibility index (Phi) is 2.63. The lowest BCUT2D eigenvalue weighted by Crippen LogP contribution is -2.34. The smallest absolute Gasteiger partial charge is 0.228 e. The fourth-order valence-electron chi connectivity index (χ4n) is 1.77. The van der Waals surface area contributed by atoms with Crippen molar-refractivity contribution in [2.45, 2.75) is 18.8 Å². The fraction of sp³-hybridized carbons (Fsp3) is 0.400. The summed E-state index contributed by atoms with van der Waals surface area (Å²) in [6.45, 7) is 0.351. The molecule has 0 bridgehead atoms. The second-order valence-electron chi connectivity index (χ2n) is 3.29. The molecule has 2 heterocycles. The first kappa shape index (κ1) is 9.77. The van der Waals surface area contributed by atoms with Crippen LogP contribution in [0.15, 0.2) is 24.3 Å². The molecule has 0 aliphatic carbocycles. The van der Waals surface area contributed by atoms with Crippen LogP contribution in [0, 0.1) is 0 Å². The maximum Gasteiger partial charge on any atom is 0.228 e. The van der Waals surface area contributed by atoms with Gasteiger partial charge in [-0.05, 0) is 11.6 Å². The summed E-state index contributed by atoms with van der Waals surface area (Å²) in [7, 11) is 0. The van der Waals surface area contributed by atoms with Gasteiger partial charge in [0.25, 0.3) is 0 Å². The monoisotopic (exact) mass is 214 g/mol. The van der Waals surface area contributed by atoms with Crippen molar-refractivity contribution >= 4 is 12.4 Å². The maximum absolute atomic E-state index is 5.61. The number of para-hydroxylation sites is 1. The largest absolute Gasteiger partial charge is 0.462 e. The molecule has 0 spiro atoms. The highest BCUT2D eigenvalue weighted by atomic mass is 35.5. The highest BCUT2D eigenvalue weighted by Crippen LogP contribution is 2.31. The molecule has 1 aromatic rings. The van der Waals surface area contributed by atoms with E-state index in [1.165, 1.54) is 5.56 Å². The molecule has 1 fully saturated rings. The van der Waals surface area contributed by atoms with Gasteiger partial charge in [0.2, 0.25) is 6.29 Å². The summed E-state index contributed by atoms with van der Waals surface area (Å²) in [5.74, 6) is 0.925. The number of rotatable bonds is 0. The lowest BCUT2D eigenvalue weighted by Gasteiger charge is -2.25. The van der Waals surface area contributed by atoms with E-state index >= 15 is 0 Å². The third-order valence-corrected chi connectivity index (χ3v) is 2.45. The Hall–Kier alpha value is -0.770. The summed E-state index contributed by atoms with van der Waals surface area (Å²) in [5, 5.41) is 0. The third kappa shape index (κ3) is 1.47. The number of ether oxygens (including phenoxy) is 3. The second kappa shape index (κ2) is 3.77. The van der Waals surface area contributed by atoms with Gasteiger partial charge in [-0.15, -0.1) is 12.4 Å². The Bertz CT molecular complexity index is 298. The Labute approximate surface area is 88.4 Å². The molecular formula is C10H11ClO3. The zero-order valence-corrected chi connectivity index (χ0v) is 8.33. The molecule has 3 nitrogen and oxygen atoms in total. The standard InChI is InChI=1S/C10H10O3.ClH/c1-2-4-8-7(3-1)5-9-10(13-8)12-6-11-9;/h1-4,9-10H,5-6H2;1H. The number of halogens is 1. The Morgan fingerprint density at radius 3 is 2.93 bits per heavy atom. The van der Waals surface area contributed by atoms with Crippen LogP contribution in [0.25, 0.3) is 0 Å². The van der Waals surface area contributed by atoms with Gasteiger partial charge in [-0.25, -0.2) is 0 Å². The highest BCUT2D eigenvalue weighted by Gasteiger charge is 2.35. The quantitative estimate of drug-likeness (QED) is 0.659. The number of fused-ring (bicyclic) bond motifs is 2. The van der Waals surface area contributed by atoms with E-state index in [1.54, 1.807) is 0 Å². The van der Waals surface area contributed by atoms with E-state index in [4.69, 9.17) is 14.2 Å². The molecule has 2 aliphatic heterocycles. The van der Waals surface area contributed by atoms with Gasteiger partial charge in [-0.3, -0.25) is 0 Å². The number of benzene rings is 1. The molecule has 0 amide bonds. The van der Waals surface area contributed by atoms with Gasteiger partial charge in [0.15, 0.2) is 6.79 Å². The normalized spacial score (nSPS) is 28.3. The summed E-state index contributed by atoms with van der Waals surface area (Å²) in [5.41, 5.74) is 1.20. The van der Waals surface area contributed by atoms with Gasteiger partial charge >= 0.3 is 0 Å². The molecule has 2 unspecified atom stereocenters. The van der Waals surface area contributed by atoms with Crippen molar-refractivity contribution in [1.29, 1.82) is 0 Å². The molecule has 4 heteroatoms. The van der Waals surface area contributed by atoms with Crippen LogP contribution in [-0.4, -0.2) is 19.2 Å². The van der Waals surface area contributed by atoms with E-state index in [0.29, 0.717) is 6.79 Å². The molecule has 0 saturated carbocycles. The van der Waals surface area contributed by atoms with Crippen molar-refractivity contribution in [2.24, 2.45) is 0 Å². The minimum absolute atomic E-state index is 0. The molecule has 2 atom stereocenters. The van der Waals surface area contributed by atoms with Gasteiger partial charge in [-0.1, -0.05) is 18.2 Å². The van der Waals surface area contributed by atoms with E-state index in [-0.39, 0.29) is 24.8 Å². The lowest BCUT2D eigenvalue weighted by atomic mass is 10.0. The third-order valence-electron chi connectivity index (χ3n) is 2.45. The first-order valence-corrected chi connectivity index (χ1v) is 4.41. The molecule has 14 heavy (non-hydrogen) atoms. The molecular weight excluding hydrogens is 204 g/mol. The highest BCUT2D eigenvalue weighted by molar-refractivity contribution is 5.85. The van der Waals surface area contributed by atoms with Crippen LogP contribution >= 0.6 is 12.4 Å². The van der Waals surface area contributed by atoms with Crippen molar-refractivity contribution in [3.8, 4) is 5.75 Å². The van der Waals surface area contributed by atoms with E-state index < -0.39 is 0 Å². The average molecular weight is 215 g/mol. The van der Waals surface area contributed by atoms with E-state index in [1.807, 2.05) is 18.2 Å². The predicted molar refractivity (Wildman–Crippen MR) is 52.6 cm³/mol. The van der Waals surface area contributed by atoms with Crippen molar-refractivity contribution in [1.82, 2.24) is 0 Å². The van der Waals surface area contributed by atoms with Gasteiger partial charge in [0.05, 0.1) is 0 Å². The second-order valence-corrected chi connectivity index (χ2v) is 3.29. The SMILES string of the molecule is Cl.c1ccc2c(c1)CC1OCOC1O2. The molecule has 2 aliphatic rings. The lowest BCUT2D eigenvalue weighted by molar-refractivity contribution is -0.0542. The summed E-state index contributed by atoms with van der Waals surface area (Å²) < 4.78 is 16.2. The Balaban J connectivity index is 0.000000750. The molecule has 3 rings (SSSR count). The summed E-state index contributed by atoms with van der Waals surface area (Å²) in [4.78, 5) is 0.